The van der Waals surface area contributed by atoms with Gasteiger partial charge in [-0.1, -0.05) is 67.9 Å². The molecule has 4 aromatic rings. The van der Waals surface area contributed by atoms with Gasteiger partial charge in [0.2, 0.25) is 0 Å². The van der Waals surface area contributed by atoms with Crippen LogP contribution in [0.4, 0.5) is 0 Å². The van der Waals surface area contributed by atoms with Crippen LogP contribution in [0.15, 0.2) is 58.5 Å². The maximum atomic E-state index is 13.7. The van der Waals surface area contributed by atoms with E-state index < -0.39 is 0 Å². The number of hydrogen-bond acceptors (Lipinski definition) is 5. The molecule has 2 heterocycles. The Labute approximate surface area is 207 Å². The van der Waals surface area contributed by atoms with Crippen LogP contribution in [0.3, 0.4) is 0 Å². The minimum absolute atomic E-state index is 0.00475. The van der Waals surface area contributed by atoms with E-state index in [1.807, 2.05) is 43.3 Å². The number of aryl methyl sites for hydroxylation is 3. The highest BCUT2D eigenvalue weighted by atomic mass is 35.5. The van der Waals surface area contributed by atoms with Crippen LogP contribution in [0.25, 0.3) is 15.9 Å². The van der Waals surface area contributed by atoms with Crippen LogP contribution in [0, 0.1) is 6.92 Å². The van der Waals surface area contributed by atoms with Gasteiger partial charge < -0.3 is 4.74 Å². The quantitative estimate of drug-likeness (QED) is 0.140. The summed E-state index contributed by atoms with van der Waals surface area (Å²) in [6.07, 6.45) is 2.96. The van der Waals surface area contributed by atoms with Crippen molar-refractivity contribution >= 4 is 44.9 Å². The number of rotatable bonds is 9. The molecule has 7 heteroatoms. The number of para-hydroxylation sites is 1. The van der Waals surface area contributed by atoms with Gasteiger partial charge in [0.25, 0.3) is 5.56 Å². The molecule has 0 N–H and O–H groups in total. The highest BCUT2D eigenvalue weighted by molar-refractivity contribution is 7.99. The molecule has 172 valence electrons. The van der Waals surface area contributed by atoms with Crippen molar-refractivity contribution in [2.45, 2.75) is 45.2 Å². The van der Waals surface area contributed by atoms with Crippen molar-refractivity contribution in [2.75, 3.05) is 12.4 Å². The van der Waals surface area contributed by atoms with Crippen molar-refractivity contribution in [3.63, 3.8) is 0 Å². The minimum atomic E-state index is -0.00475. The van der Waals surface area contributed by atoms with Gasteiger partial charge in [-0.3, -0.25) is 9.36 Å². The maximum Gasteiger partial charge on any atom is 0.267 e. The fourth-order valence-corrected chi connectivity index (χ4v) is 6.07. The van der Waals surface area contributed by atoms with Crippen molar-refractivity contribution in [2.24, 2.45) is 0 Å². The third-order valence-corrected chi connectivity index (χ3v) is 7.98. The average Bonchev–Trinajstić information content (AvgIpc) is 3.13. The van der Waals surface area contributed by atoms with Gasteiger partial charge in [0, 0.05) is 10.6 Å². The molecule has 4 nitrogen and oxygen atoms in total. The lowest BCUT2D eigenvalue weighted by molar-refractivity contribution is 0.344. The standard InChI is InChI=1S/C26H27ClN2O2S2/c1-4-8-22-17(3)23-24(33-22)28-26(32-16-15-31-21-10-7-6-9-20(21)27)29(25(23)30)19-13-11-18(5-2)12-14-19/h6-7,9-14H,4-5,8,15-16H2,1-3H3. The summed E-state index contributed by atoms with van der Waals surface area (Å²) in [5, 5.41) is 2.01. The molecule has 2 aromatic heterocycles. The van der Waals surface area contributed by atoms with E-state index >= 15 is 0 Å². The van der Waals surface area contributed by atoms with E-state index in [1.165, 1.54) is 22.2 Å². The molecule has 0 aliphatic rings. The fourth-order valence-electron chi connectivity index (χ4n) is 3.73. The number of halogens is 1. The number of aromatic nitrogens is 2. The van der Waals surface area contributed by atoms with Crippen LogP contribution in [0.1, 0.15) is 36.3 Å². The van der Waals surface area contributed by atoms with Crippen molar-refractivity contribution in [3.05, 3.63) is 79.9 Å². The van der Waals surface area contributed by atoms with Crippen LogP contribution in [0.2, 0.25) is 5.02 Å². The molecule has 0 radical (unpaired) electrons. The molecular formula is C26H27ClN2O2S2. The first-order valence-electron chi connectivity index (χ1n) is 11.2. The Bertz CT molecular complexity index is 1310. The van der Waals surface area contributed by atoms with Crippen molar-refractivity contribution in [1.82, 2.24) is 9.55 Å². The Hall–Kier alpha value is -2.28. The second-order valence-corrected chi connectivity index (χ2v) is 10.3. The number of benzene rings is 2. The number of nitrogens with zero attached hydrogens (tertiary/aromatic N) is 2. The smallest absolute Gasteiger partial charge is 0.267 e. The van der Waals surface area contributed by atoms with E-state index in [0.29, 0.717) is 28.3 Å². The Morgan fingerprint density at radius 2 is 1.88 bits per heavy atom. The Morgan fingerprint density at radius 1 is 1.12 bits per heavy atom. The fraction of sp³-hybridized carbons (Fsp3) is 0.308. The minimum Gasteiger partial charge on any atom is -0.491 e. The highest BCUT2D eigenvalue weighted by Gasteiger charge is 2.19. The molecule has 2 aromatic carbocycles. The van der Waals surface area contributed by atoms with Crippen molar-refractivity contribution < 1.29 is 4.74 Å². The summed E-state index contributed by atoms with van der Waals surface area (Å²) >= 11 is 9.35. The number of fused-ring (bicyclic) bond motifs is 1. The zero-order valence-electron chi connectivity index (χ0n) is 19.1. The summed E-state index contributed by atoms with van der Waals surface area (Å²) in [4.78, 5) is 20.7. The summed E-state index contributed by atoms with van der Waals surface area (Å²) in [5.41, 5.74) is 3.13. The molecule has 0 bridgehead atoms. The van der Waals surface area contributed by atoms with Crippen molar-refractivity contribution in [3.8, 4) is 11.4 Å². The molecule has 0 aliphatic carbocycles. The zero-order chi connectivity index (χ0) is 23.4. The molecule has 0 fully saturated rings. The summed E-state index contributed by atoms with van der Waals surface area (Å²) < 4.78 is 7.59. The van der Waals surface area contributed by atoms with Crippen LogP contribution >= 0.6 is 34.7 Å². The molecule has 33 heavy (non-hydrogen) atoms. The van der Waals surface area contributed by atoms with Gasteiger partial charge in [0.15, 0.2) is 5.16 Å². The predicted molar refractivity (Wildman–Crippen MR) is 141 cm³/mol. The van der Waals surface area contributed by atoms with E-state index in [1.54, 1.807) is 15.9 Å². The number of thioether (sulfide) groups is 1. The predicted octanol–water partition coefficient (Wildman–Crippen LogP) is 7.10. The first-order chi connectivity index (χ1) is 16.0. The van der Waals surface area contributed by atoms with Gasteiger partial charge in [-0.05, 0) is 55.2 Å². The molecule has 0 amide bonds. The van der Waals surface area contributed by atoms with Crippen LogP contribution in [0.5, 0.6) is 5.75 Å². The Balaban J connectivity index is 1.69. The summed E-state index contributed by atoms with van der Waals surface area (Å²) in [6.45, 7) is 6.79. The number of ether oxygens (including phenoxy) is 1. The van der Waals surface area contributed by atoms with E-state index in [2.05, 4.69) is 26.0 Å². The molecule has 0 unspecified atom stereocenters. The van der Waals surface area contributed by atoms with Gasteiger partial charge in [0.05, 0.1) is 22.7 Å². The Morgan fingerprint density at radius 3 is 2.58 bits per heavy atom. The third kappa shape index (κ3) is 5.13. The molecule has 0 saturated heterocycles. The summed E-state index contributed by atoms with van der Waals surface area (Å²) in [5.74, 6) is 1.30. The van der Waals surface area contributed by atoms with E-state index in [4.69, 9.17) is 21.3 Å². The monoisotopic (exact) mass is 498 g/mol. The van der Waals surface area contributed by atoms with E-state index in [9.17, 15) is 4.79 Å². The second-order valence-electron chi connectivity index (χ2n) is 7.76. The lowest BCUT2D eigenvalue weighted by Crippen LogP contribution is -2.22. The zero-order valence-corrected chi connectivity index (χ0v) is 21.4. The van der Waals surface area contributed by atoms with Gasteiger partial charge in [0.1, 0.15) is 10.6 Å². The molecule has 0 spiro atoms. The van der Waals surface area contributed by atoms with E-state index in [-0.39, 0.29) is 5.56 Å². The molecule has 0 aliphatic heterocycles. The lowest BCUT2D eigenvalue weighted by atomic mass is 10.1. The van der Waals surface area contributed by atoms with Gasteiger partial charge in [-0.25, -0.2) is 4.98 Å². The SMILES string of the molecule is CCCc1sc2nc(SCCOc3ccccc3Cl)n(-c3ccc(CC)cc3)c(=O)c2c1C. The maximum absolute atomic E-state index is 13.7. The number of thiophene rings is 1. The summed E-state index contributed by atoms with van der Waals surface area (Å²) in [6, 6.07) is 15.6. The second kappa shape index (κ2) is 10.8. The molecule has 0 atom stereocenters. The first kappa shape index (κ1) is 23.9. The third-order valence-electron chi connectivity index (χ3n) is 5.52. The van der Waals surface area contributed by atoms with Gasteiger partial charge in [-0.15, -0.1) is 11.3 Å². The normalized spacial score (nSPS) is 11.3. The average molecular weight is 499 g/mol. The van der Waals surface area contributed by atoms with Crippen LogP contribution in [-0.4, -0.2) is 21.9 Å². The van der Waals surface area contributed by atoms with Crippen LogP contribution in [-0.2, 0) is 12.8 Å². The topological polar surface area (TPSA) is 44.1 Å². The van der Waals surface area contributed by atoms with Gasteiger partial charge in [-0.2, -0.15) is 0 Å². The Kier molecular flexibility index (Phi) is 7.78. The highest BCUT2D eigenvalue weighted by Crippen LogP contribution is 2.31. The first-order valence-corrected chi connectivity index (χ1v) is 13.4. The van der Waals surface area contributed by atoms with Crippen molar-refractivity contribution in [1.29, 1.82) is 0 Å². The molecule has 0 saturated carbocycles. The number of hydrogen-bond donors (Lipinski definition) is 0. The van der Waals surface area contributed by atoms with E-state index in [0.717, 1.165) is 40.7 Å². The summed E-state index contributed by atoms with van der Waals surface area (Å²) in [7, 11) is 0. The largest absolute Gasteiger partial charge is 0.491 e. The molecule has 4 rings (SSSR count). The van der Waals surface area contributed by atoms with Gasteiger partial charge >= 0.3 is 0 Å². The molecular weight excluding hydrogens is 472 g/mol. The lowest BCUT2D eigenvalue weighted by Gasteiger charge is -2.13. The van der Waals surface area contributed by atoms with Crippen LogP contribution < -0.4 is 10.3 Å².